The number of piperidine rings is 1. The lowest BCUT2D eigenvalue weighted by atomic mass is 9.73. The smallest absolute Gasteiger partial charge is 0.231 e. The van der Waals surface area contributed by atoms with Gasteiger partial charge in [-0.25, -0.2) is 13.8 Å². The Morgan fingerprint density at radius 3 is 2.23 bits per heavy atom. The van der Waals surface area contributed by atoms with E-state index in [9.17, 15) is 18.4 Å². The van der Waals surface area contributed by atoms with Gasteiger partial charge in [0.05, 0.1) is 0 Å². The van der Waals surface area contributed by atoms with E-state index in [1.54, 1.807) is 36.5 Å². The third kappa shape index (κ3) is 7.23. The van der Waals surface area contributed by atoms with Crippen molar-refractivity contribution in [1.29, 1.82) is 0 Å². The summed E-state index contributed by atoms with van der Waals surface area (Å²) in [7, 11) is 2.10. The van der Waals surface area contributed by atoms with Crippen LogP contribution in [0.5, 0.6) is 0 Å². The maximum absolute atomic E-state index is 13.4. The SMILES string of the molecule is CN1CCC(C(C)(C)C(=O)Nc2ccc(-c3cc(F)cc(F)c3)cn2)CC1.O=Cc1ccccn1. The summed E-state index contributed by atoms with van der Waals surface area (Å²) in [5.41, 5.74) is 0.978. The number of halogens is 2. The molecule has 0 bridgehead atoms. The normalized spacial score (nSPS) is 14.5. The van der Waals surface area contributed by atoms with Crippen LogP contribution in [0.1, 0.15) is 37.2 Å². The summed E-state index contributed by atoms with van der Waals surface area (Å²) in [5.74, 6) is -0.580. The van der Waals surface area contributed by atoms with Crippen LogP contribution in [0.3, 0.4) is 0 Å². The van der Waals surface area contributed by atoms with Gasteiger partial charge >= 0.3 is 0 Å². The minimum Gasteiger partial charge on any atom is -0.310 e. The van der Waals surface area contributed by atoms with Gasteiger partial charge in [0.2, 0.25) is 5.91 Å². The van der Waals surface area contributed by atoms with Crippen LogP contribution in [-0.2, 0) is 4.79 Å². The first-order chi connectivity index (χ1) is 16.7. The zero-order valence-electron chi connectivity index (χ0n) is 20.2. The first-order valence-electron chi connectivity index (χ1n) is 11.5. The average molecular weight is 481 g/mol. The molecule has 1 saturated heterocycles. The van der Waals surface area contributed by atoms with Crippen molar-refractivity contribution in [1.82, 2.24) is 14.9 Å². The molecule has 6 nitrogen and oxygen atoms in total. The van der Waals surface area contributed by atoms with E-state index in [2.05, 4.69) is 27.2 Å². The summed E-state index contributed by atoms with van der Waals surface area (Å²) in [6.07, 6.45) is 5.80. The third-order valence-electron chi connectivity index (χ3n) is 6.33. The van der Waals surface area contributed by atoms with E-state index in [1.807, 2.05) is 13.8 Å². The minimum atomic E-state index is -0.637. The standard InChI is InChI=1S/C21H25F2N3O.C6H5NO/c1-21(2,16-6-8-26(3)9-7-16)20(27)25-19-5-4-14(13-24-19)15-10-17(22)12-18(23)11-15;8-5-6-3-1-2-4-7-6/h4-5,10-13,16H,6-9H2,1-3H3,(H,24,25,27);1-5H. The van der Waals surface area contributed by atoms with Crippen LogP contribution in [0.25, 0.3) is 11.1 Å². The van der Waals surface area contributed by atoms with Gasteiger partial charge in [0.25, 0.3) is 0 Å². The van der Waals surface area contributed by atoms with Gasteiger partial charge in [-0.3, -0.25) is 14.6 Å². The summed E-state index contributed by atoms with van der Waals surface area (Å²) in [6, 6.07) is 11.9. The van der Waals surface area contributed by atoms with E-state index in [0.29, 0.717) is 28.6 Å². The highest BCUT2D eigenvalue weighted by Crippen LogP contribution is 2.35. The number of aromatic nitrogens is 2. The molecule has 0 spiro atoms. The molecule has 1 aliphatic heterocycles. The number of amides is 1. The fraction of sp³-hybridized carbons (Fsp3) is 0.333. The first-order valence-corrected chi connectivity index (χ1v) is 11.5. The fourth-order valence-electron chi connectivity index (χ4n) is 4.00. The van der Waals surface area contributed by atoms with E-state index in [1.165, 1.54) is 18.3 Å². The van der Waals surface area contributed by atoms with Crippen LogP contribution < -0.4 is 5.32 Å². The van der Waals surface area contributed by atoms with Gasteiger partial charge in [0.1, 0.15) is 23.1 Å². The minimum absolute atomic E-state index is 0.0610. The Kier molecular flexibility index (Phi) is 8.76. The van der Waals surface area contributed by atoms with Crippen molar-refractivity contribution < 1.29 is 18.4 Å². The molecule has 3 heterocycles. The highest BCUT2D eigenvalue weighted by atomic mass is 19.1. The largest absolute Gasteiger partial charge is 0.310 e. The van der Waals surface area contributed by atoms with Crippen molar-refractivity contribution in [2.24, 2.45) is 11.3 Å². The van der Waals surface area contributed by atoms with E-state index in [-0.39, 0.29) is 5.91 Å². The second-order valence-corrected chi connectivity index (χ2v) is 9.22. The number of benzene rings is 1. The maximum Gasteiger partial charge on any atom is 0.231 e. The van der Waals surface area contributed by atoms with Crippen LogP contribution >= 0.6 is 0 Å². The fourth-order valence-corrected chi connectivity index (χ4v) is 4.00. The lowest BCUT2D eigenvalue weighted by Crippen LogP contribution is -2.43. The zero-order valence-corrected chi connectivity index (χ0v) is 20.2. The van der Waals surface area contributed by atoms with Crippen molar-refractivity contribution in [2.75, 3.05) is 25.5 Å². The molecule has 1 aromatic carbocycles. The van der Waals surface area contributed by atoms with Gasteiger partial charge in [-0.15, -0.1) is 0 Å². The second-order valence-electron chi connectivity index (χ2n) is 9.22. The van der Waals surface area contributed by atoms with Gasteiger partial charge in [0.15, 0.2) is 6.29 Å². The van der Waals surface area contributed by atoms with Gasteiger partial charge in [-0.1, -0.05) is 19.9 Å². The van der Waals surface area contributed by atoms with E-state index >= 15 is 0 Å². The molecule has 0 radical (unpaired) electrons. The average Bonchev–Trinajstić information content (AvgIpc) is 2.85. The Morgan fingerprint density at radius 2 is 1.71 bits per heavy atom. The maximum atomic E-state index is 13.4. The molecule has 1 N–H and O–H groups in total. The summed E-state index contributed by atoms with van der Waals surface area (Å²) in [6.45, 7) is 5.95. The molecule has 0 atom stereocenters. The number of pyridine rings is 2. The quantitative estimate of drug-likeness (QED) is 0.507. The molecule has 4 rings (SSSR count). The highest BCUT2D eigenvalue weighted by molar-refractivity contribution is 5.94. The number of aldehydes is 1. The van der Waals surface area contributed by atoms with Crippen LogP contribution in [0.4, 0.5) is 14.6 Å². The molecular formula is C27H30F2N4O2. The van der Waals surface area contributed by atoms with Crippen LogP contribution in [-0.4, -0.2) is 47.2 Å². The van der Waals surface area contributed by atoms with Gasteiger partial charge in [0, 0.05) is 29.4 Å². The van der Waals surface area contributed by atoms with E-state index in [0.717, 1.165) is 38.3 Å². The number of likely N-dealkylation sites (tertiary alicyclic amines) is 1. The van der Waals surface area contributed by atoms with Crippen molar-refractivity contribution in [2.45, 2.75) is 26.7 Å². The Balaban J connectivity index is 0.000000363. The number of nitrogens with zero attached hydrogens (tertiary/aromatic N) is 3. The molecule has 8 heteroatoms. The number of rotatable bonds is 5. The van der Waals surface area contributed by atoms with Crippen molar-refractivity contribution >= 4 is 18.0 Å². The monoisotopic (exact) mass is 480 g/mol. The number of hydrogen-bond donors (Lipinski definition) is 1. The molecular weight excluding hydrogens is 450 g/mol. The summed E-state index contributed by atoms with van der Waals surface area (Å²) in [5, 5.41) is 2.88. The molecule has 3 aromatic rings. The topological polar surface area (TPSA) is 75.2 Å². The summed E-state index contributed by atoms with van der Waals surface area (Å²) >= 11 is 0. The Labute approximate surface area is 204 Å². The number of anilines is 1. The zero-order chi connectivity index (χ0) is 25.4. The molecule has 1 aliphatic rings. The first kappa shape index (κ1) is 26.1. The second kappa shape index (κ2) is 11.8. The van der Waals surface area contributed by atoms with E-state index in [4.69, 9.17) is 0 Å². The Morgan fingerprint density at radius 1 is 1.03 bits per heavy atom. The van der Waals surface area contributed by atoms with Crippen LogP contribution in [0.2, 0.25) is 0 Å². The molecule has 35 heavy (non-hydrogen) atoms. The number of carbonyl (C=O) groups excluding carboxylic acids is 2. The lowest BCUT2D eigenvalue weighted by Gasteiger charge is -2.38. The molecule has 1 fully saturated rings. The van der Waals surface area contributed by atoms with Crippen molar-refractivity contribution in [3.8, 4) is 11.1 Å². The summed E-state index contributed by atoms with van der Waals surface area (Å²) < 4.78 is 26.8. The summed E-state index contributed by atoms with van der Waals surface area (Å²) in [4.78, 5) is 33.0. The molecule has 0 saturated carbocycles. The van der Waals surface area contributed by atoms with E-state index < -0.39 is 17.0 Å². The van der Waals surface area contributed by atoms with Crippen molar-refractivity contribution in [3.05, 3.63) is 78.3 Å². The number of hydrogen-bond acceptors (Lipinski definition) is 5. The van der Waals surface area contributed by atoms with Crippen LogP contribution in [0.15, 0.2) is 60.9 Å². The predicted molar refractivity (Wildman–Crippen MR) is 132 cm³/mol. The highest BCUT2D eigenvalue weighted by Gasteiger charge is 2.38. The van der Waals surface area contributed by atoms with Gasteiger partial charge in [-0.2, -0.15) is 0 Å². The van der Waals surface area contributed by atoms with Crippen molar-refractivity contribution in [3.63, 3.8) is 0 Å². The Hall–Kier alpha value is -3.52. The van der Waals surface area contributed by atoms with Gasteiger partial charge < -0.3 is 10.2 Å². The molecule has 0 aliphatic carbocycles. The molecule has 1 amide bonds. The molecule has 2 aromatic heterocycles. The number of carbonyl (C=O) groups is 2. The predicted octanol–water partition coefficient (Wildman–Crippen LogP) is 5.23. The molecule has 0 unspecified atom stereocenters. The Bertz CT molecular complexity index is 1110. The lowest BCUT2D eigenvalue weighted by molar-refractivity contribution is -0.127. The van der Waals surface area contributed by atoms with Gasteiger partial charge in [-0.05, 0) is 80.9 Å². The molecule has 184 valence electrons. The third-order valence-corrected chi connectivity index (χ3v) is 6.33. The number of nitrogens with one attached hydrogen (secondary N) is 1. The van der Waals surface area contributed by atoms with Crippen LogP contribution in [0, 0.1) is 23.0 Å².